The van der Waals surface area contributed by atoms with Gasteiger partial charge in [-0.25, -0.2) is 0 Å². The minimum atomic E-state index is -0.259. The van der Waals surface area contributed by atoms with Crippen molar-refractivity contribution in [3.8, 4) is 11.3 Å². The molecule has 1 atom stereocenters. The molecular formula is C19H21N3O3. The molecule has 3 rings (SSSR count). The first-order chi connectivity index (χ1) is 12.2. The number of methoxy groups -OCH3 is 1. The average molecular weight is 339 g/mol. The maximum absolute atomic E-state index is 12.3. The van der Waals surface area contributed by atoms with E-state index in [-0.39, 0.29) is 17.8 Å². The van der Waals surface area contributed by atoms with Crippen LogP contribution in [0.3, 0.4) is 0 Å². The molecule has 0 aliphatic carbocycles. The number of aryl methyl sites for hydroxylation is 1. The van der Waals surface area contributed by atoms with Crippen molar-refractivity contribution in [2.24, 2.45) is 7.05 Å². The first-order valence-electron chi connectivity index (χ1n) is 8.09. The number of amides is 1. The monoisotopic (exact) mass is 339 g/mol. The topological polar surface area (TPSA) is 69.3 Å². The zero-order valence-corrected chi connectivity index (χ0v) is 14.3. The molecule has 130 valence electrons. The number of benzene rings is 1. The lowest BCUT2D eigenvalue weighted by molar-refractivity contribution is 0.0808. The van der Waals surface area contributed by atoms with Crippen LogP contribution in [0.15, 0.2) is 59.3 Å². The molecule has 6 heteroatoms. The van der Waals surface area contributed by atoms with E-state index >= 15 is 0 Å². The number of furan rings is 1. The van der Waals surface area contributed by atoms with Crippen LogP contribution >= 0.6 is 0 Å². The molecular weight excluding hydrogens is 318 g/mol. The molecule has 0 saturated heterocycles. The third-order valence-corrected chi connectivity index (χ3v) is 3.95. The minimum Gasteiger partial charge on any atom is -0.451 e. The highest BCUT2D eigenvalue weighted by atomic mass is 16.5. The van der Waals surface area contributed by atoms with Gasteiger partial charge in [-0.05, 0) is 17.7 Å². The standard InChI is InChI=1S/C19H21N3O3/c1-22-13-15(11-21-22)17-8-9-18(25-17)19(23)20-12-16(24-2)10-14-6-4-3-5-7-14/h3-9,11,13,16H,10,12H2,1-2H3,(H,20,23). The summed E-state index contributed by atoms with van der Waals surface area (Å²) in [5, 5.41) is 6.96. The van der Waals surface area contributed by atoms with Crippen LogP contribution in [0, 0.1) is 0 Å². The number of nitrogens with zero attached hydrogens (tertiary/aromatic N) is 2. The van der Waals surface area contributed by atoms with Crippen molar-refractivity contribution in [2.75, 3.05) is 13.7 Å². The van der Waals surface area contributed by atoms with E-state index in [4.69, 9.17) is 9.15 Å². The summed E-state index contributed by atoms with van der Waals surface area (Å²) in [5.41, 5.74) is 2.00. The molecule has 1 aromatic carbocycles. The highest BCUT2D eigenvalue weighted by molar-refractivity contribution is 5.92. The van der Waals surface area contributed by atoms with Gasteiger partial charge in [0.05, 0.1) is 17.9 Å². The van der Waals surface area contributed by atoms with Crippen LogP contribution in [-0.2, 0) is 18.2 Å². The van der Waals surface area contributed by atoms with Crippen LogP contribution in [0.2, 0.25) is 0 Å². The molecule has 0 fully saturated rings. The molecule has 0 aliphatic heterocycles. The Balaban J connectivity index is 1.57. The van der Waals surface area contributed by atoms with Crippen LogP contribution < -0.4 is 5.32 Å². The normalized spacial score (nSPS) is 12.1. The summed E-state index contributed by atoms with van der Waals surface area (Å²) >= 11 is 0. The fourth-order valence-electron chi connectivity index (χ4n) is 2.57. The summed E-state index contributed by atoms with van der Waals surface area (Å²) in [5.74, 6) is 0.629. The molecule has 0 spiro atoms. The van der Waals surface area contributed by atoms with Gasteiger partial charge in [-0.15, -0.1) is 0 Å². The van der Waals surface area contributed by atoms with Crippen LogP contribution in [0.25, 0.3) is 11.3 Å². The fraction of sp³-hybridized carbons (Fsp3) is 0.263. The van der Waals surface area contributed by atoms with Gasteiger partial charge in [0.25, 0.3) is 5.91 Å². The lowest BCUT2D eigenvalue weighted by atomic mass is 10.1. The van der Waals surface area contributed by atoms with Gasteiger partial charge in [0.15, 0.2) is 5.76 Å². The second-order valence-corrected chi connectivity index (χ2v) is 5.82. The Morgan fingerprint density at radius 1 is 1.28 bits per heavy atom. The SMILES string of the molecule is COC(CNC(=O)c1ccc(-c2cnn(C)c2)o1)Cc1ccccc1. The highest BCUT2D eigenvalue weighted by Gasteiger charge is 2.15. The number of carbonyl (C=O) groups is 1. The zero-order valence-electron chi connectivity index (χ0n) is 14.3. The summed E-state index contributed by atoms with van der Waals surface area (Å²) in [4.78, 5) is 12.3. The maximum atomic E-state index is 12.3. The summed E-state index contributed by atoms with van der Waals surface area (Å²) in [6.07, 6.45) is 4.17. The quantitative estimate of drug-likeness (QED) is 0.718. The summed E-state index contributed by atoms with van der Waals surface area (Å²) in [6, 6.07) is 13.5. The van der Waals surface area contributed by atoms with Crippen LogP contribution in [0.4, 0.5) is 0 Å². The van der Waals surface area contributed by atoms with Gasteiger partial charge in [-0.3, -0.25) is 9.48 Å². The van der Waals surface area contributed by atoms with Gasteiger partial charge >= 0.3 is 0 Å². The number of carbonyl (C=O) groups excluding carboxylic acids is 1. The largest absolute Gasteiger partial charge is 0.451 e. The molecule has 1 amide bonds. The highest BCUT2D eigenvalue weighted by Crippen LogP contribution is 2.21. The number of hydrogen-bond acceptors (Lipinski definition) is 4. The number of ether oxygens (including phenoxy) is 1. The predicted octanol–water partition coefficient (Wildman–Crippen LogP) is 2.67. The maximum Gasteiger partial charge on any atom is 0.287 e. The van der Waals surface area contributed by atoms with E-state index in [1.54, 1.807) is 30.1 Å². The van der Waals surface area contributed by atoms with E-state index in [1.807, 2.05) is 43.6 Å². The second-order valence-electron chi connectivity index (χ2n) is 5.82. The molecule has 1 N–H and O–H groups in total. The second kappa shape index (κ2) is 7.81. The van der Waals surface area contributed by atoms with E-state index in [9.17, 15) is 4.79 Å². The van der Waals surface area contributed by atoms with Gasteiger partial charge < -0.3 is 14.5 Å². The molecule has 2 aromatic heterocycles. The lowest BCUT2D eigenvalue weighted by Crippen LogP contribution is -2.34. The molecule has 6 nitrogen and oxygen atoms in total. The van der Waals surface area contributed by atoms with Gasteiger partial charge in [0.2, 0.25) is 0 Å². The van der Waals surface area contributed by atoms with Crippen molar-refractivity contribution in [3.05, 3.63) is 66.2 Å². The molecule has 1 unspecified atom stereocenters. The summed E-state index contributed by atoms with van der Waals surface area (Å²) in [6.45, 7) is 0.410. The van der Waals surface area contributed by atoms with Gasteiger partial charge in [0, 0.05) is 33.3 Å². The Labute approximate surface area is 146 Å². The molecule has 2 heterocycles. The van der Waals surface area contributed by atoms with Crippen molar-refractivity contribution < 1.29 is 13.9 Å². The molecule has 0 aliphatic rings. The fourth-order valence-corrected chi connectivity index (χ4v) is 2.57. The van der Waals surface area contributed by atoms with E-state index in [0.29, 0.717) is 12.3 Å². The number of rotatable bonds is 7. The average Bonchev–Trinajstić information content (AvgIpc) is 3.28. The first kappa shape index (κ1) is 17.0. The number of nitrogens with one attached hydrogen (secondary N) is 1. The van der Waals surface area contributed by atoms with Crippen LogP contribution in [0.1, 0.15) is 16.1 Å². The van der Waals surface area contributed by atoms with E-state index < -0.39 is 0 Å². The number of hydrogen-bond donors (Lipinski definition) is 1. The molecule has 3 aromatic rings. The van der Waals surface area contributed by atoms with Crippen molar-refractivity contribution in [1.82, 2.24) is 15.1 Å². The molecule has 0 bridgehead atoms. The van der Waals surface area contributed by atoms with E-state index in [1.165, 1.54) is 5.56 Å². The lowest BCUT2D eigenvalue weighted by Gasteiger charge is -2.15. The van der Waals surface area contributed by atoms with Gasteiger partial charge in [-0.2, -0.15) is 5.10 Å². The molecule has 0 radical (unpaired) electrons. The van der Waals surface area contributed by atoms with Crippen LogP contribution in [0.5, 0.6) is 0 Å². The first-order valence-corrected chi connectivity index (χ1v) is 8.09. The van der Waals surface area contributed by atoms with Crippen molar-refractivity contribution in [3.63, 3.8) is 0 Å². The Kier molecular flexibility index (Phi) is 5.30. The smallest absolute Gasteiger partial charge is 0.287 e. The third-order valence-electron chi connectivity index (χ3n) is 3.95. The summed E-state index contributed by atoms with van der Waals surface area (Å²) in [7, 11) is 3.48. The Bertz CT molecular complexity index is 823. The molecule has 25 heavy (non-hydrogen) atoms. The van der Waals surface area contributed by atoms with Crippen LogP contribution in [-0.4, -0.2) is 35.4 Å². The third kappa shape index (κ3) is 4.36. The van der Waals surface area contributed by atoms with Crippen molar-refractivity contribution in [2.45, 2.75) is 12.5 Å². The Hall–Kier alpha value is -2.86. The minimum absolute atomic E-state index is 0.0981. The number of aromatic nitrogens is 2. The Morgan fingerprint density at radius 3 is 2.76 bits per heavy atom. The van der Waals surface area contributed by atoms with Crippen molar-refractivity contribution >= 4 is 5.91 Å². The van der Waals surface area contributed by atoms with Gasteiger partial charge in [-0.1, -0.05) is 30.3 Å². The van der Waals surface area contributed by atoms with Crippen molar-refractivity contribution in [1.29, 1.82) is 0 Å². The summed E-state index contributed by atoms with van der Waals surface area (Å²) < 4.78 is 12.8. The van der Waals surface area contributed by atoms with E-state index in [2.05, 4.69) is 10.4 Å². The molecule has 0 saturated carbocycles. The van der Waals surface area contributed by atoms with E-state index in [0.717, 1.165) is 12.0 Å². The van der Waals surface area contributed by atoms with Gasteiger partial charge in [0.1, 0.15) is 5.76 Å². The predicted molar refractivity (Wildman–Crippen MR) is 94.2 cm³/mol. The Morgan fingerprint density at radius 2 is 2.08 bits per heavy atom. The zero-order chi connectivity index (χ0) is 17.6.